The monoisotopic (exact) mass is 229 g/mol. The van der Waals surface area contributed by atoms with Crippen LogP contribution in [0.4, 0.5) is 0 Å². The van der Waals surface area contributed by atoms with Gasteiger partial charge in [0.2, 0.25) is 0 Å². The lowest BCUT2D eigenvalue weighted by Gasteiger charge is -2.03. The summed E-state index contributed by atoms with van der Waals surface area (Å²) in [5.41, 5.74) is 0.941. The fourth-order valence-electron chi connectivity index (χ4n) is 1.09. The molecule has 1 aromatic heterocycles. The SMILES string of the molecule is CCCNCc1ccc(S(N)(=O)=O)nc1. The standard InChI is InChI=1S/C9H15N3O2S/c1-2-5-11-6-8-3-4-9(12-7-8)15(10,13)14/h3-4,7,11H,2,5-6H2,1H3,(H2,10,13,14). The summed E-state index contributed by atoms with van der Waals surface area (Å²) in [5.74, 6) is 0. The number of nitrogens with two attached hydrogens (primary N) is 1. The molecule has 0 aliphatic heterocycles. The normalized spacial score (nSPS) is 11.6. The highest BCUT2D eigenvalue weighted by Gasteiger charge is 2.08. The highest BCUT2D eigenvalue weighted by atomic mass is 32.2. The minimum Gasteiger partial charge on any atom is -0.313 e. The van der Waals surface area contributed by atoms with Gasteiger partial charge in [0, 0.05) is 12.7 Å². The average Bonchev–Trinajstić information content (AvgIpc) is 2.18. The molecule has 3 N–H and O–H groups in total. The molecule has 6 heteroatoms. The summed E-state index contributed by atoms with van der Waals surface area (Å²) in [6.45, 7) is 3.69. The molecule has 0 amide bonds. The van der Waals surface area contributed by atoms with Crippen LogP contribution in [-0.2, 0) is 16.6 Å². The van der Waals surface area contributed by atoms with Gasteiger partial charge in [-0.3, -0.25) is 0 Å². The van der Waals surface area contributed by atoms with Gasteiger partial charge < -0.3 is 5.32 Å². The van der Waals surface area contributed by atoms with E-state index in [4.69, 9.17) is 5.14 Å². The highest BCUT2D eigenvalue weighted by Crippen LogP contribution is 2.04. The largest absolute Gasteiger partial charge is 0.313 e. The molecule has 0 aromatic carbocycles. The smallest absolute Gasteiger partial charge is 0.255 e. The van der Waals surface area contributed by atoms with E-state index in [0.717, 1.165) is 18.5 Å². The molecule has 0 saturated carbocycles. The number of nitrogens with one attached hydrogen (secondary N) is 1. The molecule has 1 rings (SSSR count). The number of rotatable bonds is 5. The number of aromatic nitrogens is 1. The molecule has 0 saturated heterocycles. The van der Waals surface area contributed by atoms with Crippen LogP contribution in [0, 0.1) is 0 Å². The number of primary sulfonamides is 1. The molecule has 84 valence electrons. The first kappa shape index (κ1) is 12.1. The lowest BCUT2D eigenvalue weighted by Crippen LogP contribution is -2.16. The third kappa shape index (κ3) is 3.94. The van der Waals surface area contributed by atoms with E-state index < -0.39 is 10.0 Å². The number of hydrogen-bond donors (Lipinski definition) is 2. The van der Waals surface area contributed by atoms with Crippen molar-refractivity contribution < 1.29 is 8.42 Å². The van der Waals surface area contributed by atoms with Gasteiger partial charge in [-0.1, -0.05) is 13.0 Å². The molecule has 0 aliphatic carbocycles. The molecule has 0 unspecified atom stereocenters. The summed E-state index contributed by atoms with van der Waals surface area (Å²) in [4.78, 5) is 3.78. The Bertz CT molecular complexity index is 400. The molecule has 0 fully saturated rings. The van der Waals surface area contributed by atoms with Gasteiger partial charge in [0.25, 0.3) is 10.0 Å². The quantitative estimate of drug-likeness (QED) is 0.708. The first-order chi connectivity index (χ1) is 7.04. The fraction of sp³-hybridized carbons (Fsp3) is 0.444. The Kier molecular flexibility index (Phi) is 4.19. The second-order valence-corrected chi connectivity index (χ2v) is 4.73. The number of pyridine rings is 1. The molecule has 0 bridgehead atoms. The van der Waals surface area contributed by atoms with Crippen molar-refractivity contribution in [1.82, 2.24) is 10.3 Å². The maximum absolute atomic E-state index is 10.9. The second kappa shape index (κ2) is 5.20. The van der Waals surface area contributed by atoms with Crippen LogP contribution >= 0.6 is 0 Å². The summed E-state index contributed by atoms with van der Waals surface area (Å²) in [7, 11) is -3.68. The van der Waals surface area contributed by atoms with Crippen LogP contribution in [0.3, 0.4) is 0 Å². The van der Waals surface area contributed by atoms with E-state index >= 15 is 0 Å². The Labute approximate surface area is 89.8 Å². The zero-order chi connectivity index (χ0) is 11.3. The molecule has 5 nitrogen and oxygen atoms in total. The first-order valence-electron chi connectivity index (χ1n) is 4.72. The van der Waals surface area contributed by atoms with Crippen molar-refractivity contribution in [2.75, 3.05) is 6.54 Å². The maximum Gasteiger partial charge on any atom is 0.255 e. The lowest BCUT2D eigenvalue weighted by atomic mass is 10.3. The summed E-state index contributed by atoms with van der Waals surface area (Å²) < 4.78 is 21.8. The molecule has 0 spiro atoms. The van der Waals surface area contributed by atoms with Gasteiger partial charge in [-0.15, -0.1) is 0 Å². The van der Waals surface area contributed by atoms with Crippen LogP contribution < -0.4 is 10.5 Å². The van der Waals surface area contributed by atoms with Crippen molar-refractivity contribution in [2.45, 2.75) is 24.9 Å². The van der Waals surface area contributed by atoms with Crippen LogP contribution in [0.25, 0.3) is 0 Å². The Morgan fingerprint density at radius 3 is 2.67 bits per heavy atom. The minimum absolute atomic E-state index is 0.0956. The second-order valence-electron chi connectivity index (χ2n) is 3.23. The number of sulfonamides is 1. The van der Waals surface area contributed by atoms with Crippen LogP contribution in [-0.4, -0.2) is 19.9 Å². The minimum atomic E-state index is -3.68. The van der Waals surface area contributed by atoms with Gasteiger partial charge in [0.1, 0.15) is 0 Å². The van der Waals surface area contributed by atoms with Crippen molar-refractivity contribution >= 4 is 10.0 Å². The van der Waals surface area contributed by atoms with Gasteiger partial charge in [-0.05, 0) is 24.6 Å². The molecule has 1 aromatic rings. The number of nitrogens with zero attached hydrogens (tertiary/aromatic N) is 1. The van der Waals surface area contributed by atoms with E-state index in [-0.39, 0.29) is 5.03 Å². The number of hydrogen-bond acceptors (Lipinski definition) is 4. The van der Waals surface area contributed by atoms with Crippen molar-refractivity contribution in [3.63, 3.8) is 0 Å². The van der Waals surface area contributed by atoms with Crippen LogP contribution in [0.1, 0.15) is 18.9 Å². The molecule has 15 heavy (non-hydrogen) atoms. The predicted molar refractivity (Wildman–Crippen MR) is 57.6 cm³/mol. The van der Waals surface area contributed by atoms with E-state index in [0.29, 0.717) is 6.54 Å². The molecule has 0 radical (unpaired) electrons. The van der Waals surface area contributed by atoms with Crippen molar-refractivity contribution in [3.05, 3.63) is 23.9 Å². The van der Waals surface area contributed by atoms with Crippen molar-refractivity contribution in [2.24, 2.45) is 5.14 Å². The third-order valence-electron chi connectivity index (χ3n) is 1.85. The maximum atomic E-state index is 10.9. The topological polar surface area (TPSA) is 85.1 Å². The van der Waals surface area contributed by atoms with E-state index in [9.17, 15) is 8.42 Å². The van der Waals surface area contributed by atoms with Gasteiger partial charge in [0.05, 0.1) is 0 Å². The lowest BCUT2D eigenvalue weighted by molar-refractivity contribution is 0.593. The van der Waals surface area contributed by atoms with E-state index in [2.05, 4.69) is 17.2 Å². The zero-order valence-electron chi connectivity index (χ0n) is 8.60. The van der Waals surface area contributed by atoms with Gasteiger partial charge >= 0.3 is 0 Å². The molecule has 1 heterocycles. The van der Waals surface area contributed by atoms with Gasteiger partial charge in [-0.25, -0.2) is 18.5 Å². The van der Waals surface area contributed by atoms with E-state index in [1.165, 1.54) is 12.3 Å². The third-order valence-corrected chi connectivity index (χ3v) is 2.67. The van der Waals surface area contributed by atoms with Gasteiger partial charge in [0.15, 0.2) is 5.03 Å². The molecular weight excluding hydrogens is 214 g/mol. The Hall–Kier alpha value is -0.980. The summed E-state index contributed by atoms with van der Waals surface area (Å²) >= 11 is 0. The summed E-state index contributed by atoms with van der Waals surface area (Å²) in [6, 6.07) is 3.12. The molecule has 0 aliphatic rings. The summed E-state index contributed by atoms with van der Waals surface area (Å²) in [5, 5.41) is 8.02. The molecular formula is C9H15N3O2S. The van der Waals surface area contributed by atoms with Crippen LogP contribution in [0.15, 0.2) is 23.4 Å². The van der Waals surface area contributed by atoms with Crippen molar-refractivity contribution in [3.8, 4) is 0 Å². The predicted octanol–water partition coefficient (Wildman–Crippen LogP) is 0.229. The Morgan fingerprint density at radius 2 is 2.20 bits per heavy atom. The van der Waals surface area contributed by atoms with Gasteiger partial charge in [-0.2, -0.15) is 0 Å². The Balaban J connectivity index is 2.65. The van der Waals surface area contributed by atoms with E-state index in [1.54, 1.807) is 6.07 Å². The fourth-order valence-corrected chi connectivity index (χ4v) is 1.55. The van der Waals surface area contributed by atoms with Crippen LogP contribution in [0.5, 0.6) is 0 Å². The van der Waals surface area contributed by atoms with Crippen LogP contribution in [0.2, 0.25) is 0 Å². The Morgan fingerprint density at radius 1 is 1.47 bits per heavy atom. The van der Waals surface area contributed by atoms with Crippen molar-refractivity contribution in [1.29, 1.82) is 0 Å². The summed E-state index contributed by atoms with van der Waals surface area (Å²) in [6.07, 6.45) is 2.57. The van der Waals surface area contributed by atoms with E-state index in [1.807, 2.05) is 0 Å². The highest BCUT2D eigenvalue weighted by molar-refractivity contribution is 7.89. The average molecular weight is 229 g/mol. The first-order valence-corrected chi connectivity index (χ1v) is 6.27. The molecule has 0 atom stereocenters. The zero-order valence-corrected chi connectivity index (χ0v) is 9.42.